The molecule has 0 saturated heterocycles. The van der Waals surface area contributed by atoms with Gasteiger partial charge >= 0.3 is 0 Å². The molecule has 0 aromatic rings. The van der Waals surface area contributed by atoms with Crippen LogP contribution < -0.4 is 10.6 Å². The summed E-state index contributed by atoms with van der Waals surface area (Å²) >= 11 is 1.81. The first kappa shape index (κ1) is 24.5. The minimum absolute atomic E-state index is 0.0405. The van der Waals surface area contributed by atoms with Crippen LogP contribution in [-0.2, 0) is 9.59 Å². The second-order valence-corrected chi connectivity index (χ2v) is 8.04. The molecule has 0 aromatic heterocycles. The van der Waals surface area contributed by atoms with Crippen LogP contribution in [0.2, 0.25) is 0 Å². The van der Waals surface area contributed by atoms with Gasteiger partial charge in [-0.25, -0.2) is 0 Å². The first-order chi connectivity index (χ1) is 12.3. The third-order valence-electron chi connectivity index (χ3n) is 3.79. The highest BCUT2D eigenvalue weighted by molar-refractivity contribution is 7.99. The second kappa shape index (κ2) is 15.7. The van der Waals surface area contributed by atoms with Crippen LogP contribution >= 0.6 is 11.8 Å². The summed E-state index contributed by atoms with van der Waals surface area (Å²) in [6, 6.07) is 0.0982. The summed E-state index contributed by atoms with van der Waals surface area (Å²) in [5.41, 5.74) is 4.27. The molecule has 0 radical (unpaired) electrons. The van der Waals surface area contributed by atoms with Gasteiger partial charge in [0.2, 0.25) is 12.3 Å². The van der Waals surface area contributed by atoms with Crippen molar-refractivity contribution in [3.05, 3.63) is 34.9 Å². The van der Waals surface area contributed by atoms with Crippen molar-refractivity contribution in [1.29, 1.82) is 0 Å². The van der Waals surface area contributed by atoms with Gasteiger partial charge in [-0.2, -0.15) is 11.8 Å². The molecule has 4 nitrogen and oxygen atoms in total. The number of amides is 2. The third kappa shape index (κ3) is 16.0. The van der Waals surface area contributed by atoms with E-state index in [1.165, 1.54) is 16.7 Å². The van der Waals surface area contributed by atoms with Gasteiger partial charge in [0.05, 0.1) is 6.54 Å². The van der Waals surface area contributed by atoms with Gasteiger partial charge < -0.3 is 10.6 Å². The molecule has 0 saturated carbocycles. The second-order valence-electron chi connectivity index (χ2n) is 6.96. The lowest BCUT2D eigenvalue weighted by Gasteiger charge is -2.12. The van der Waals surface area contributed by atoms with E-state index in [9.17, 15) is 9.59 Å². The SMILES string of the molecule is CC(C)=CCC/C(C)=C/CC/C(C)=C/CSCC(C)NC(=O)CNC=O. The highest BCUT2D eigenvalue weighted by Gasteiger charge is 2.06. The lowest BCUT2D eigenvalue weighted by Crippen LogP contribution is -2.39. The van der Waals surface area contributed by atoms with Gasteiger partial charge in [0.15, 0.2) is 0 Å². The van der Waals surface area contributed by atoms with Crippen LogP contribution in [0, 0.1) is 0 Å². The summed E-state index contributed by atoms with van der Waals surface area (Å²) in [6.45, 7) is 10.7. The zero-order valence-corrected chi connectivity index (χ0v) is 17.9. The molecule has 5 heteroatoms. The highest BCUT2D eigenvalue weighted by atomic mass is 32.2. The number of thioether (sulfide) groups is 1. The lowest BCUT2D eigenvalue weighted by molar-refractivity contribution is -0.122. The molecule has 0 aliphatic rings. The normalized spacial score (nSPS) is 13.1. The van der Waals surface area contributed by atoms with Gasteiger partial charge in [-0.05, 0) is 60.3 Å². The molecule has 2 amide bonds. The van der Waals surface area contributed by atoms with Crippen molar-refractivity contribution in [2.24, 2.45) is 0 Å². The molecule has 0 aliphatic carbocycles. The smallest absolute Gasteiger partial charge is 0.239 e. The summed E-state index contributed by atoms with van der Waals surface area (Å²) < 4.78 is 0. The van der Waals surface area contributed by atoms with E-state index in [1.807, 2.05) is 6.92 Å². The minimum atomic E-state index is -0.149. The Kier molecular flexibility index (Phi) is 14.8. The zero-order valence-electron chi connectivity index (χ0n) is 17.1. The molecular formula is C21H36N2O2S. The number of hydrogen-bond donors (Lipinski definition) is 2. The summed E-state index contributed by atoms with van der Waals surface area (Å²) in [6.07, 6.45) is 11.9. The maximum absolute atomic E-state index is 11.5. The fourth-order valence-electron chi connectivity index (χ4n) is 2.29. The van der Waals surface area contributed by atoms with Crippen LogP contribution in [0.25, 0.3) is 0 Å². The number of nitrogens with one attached hydrogen (secondary N) is 2. The van der Waals surface area contributed by atoms with E-state index in [4.69, 9.17) is 0 Å². The topological polar surface area (TPSA) is 58.2 Å². The van der Waals surface area contributed by atoms with Gasteiger partial charge in [-0.15, -0.1) is 0 Å². The zero-order chi connectivity index (χ0) is 19.8. The number of carbonyl (C=O) groups excluding carboxylic acids is 2. The fraction of sp³-hybridized carbons (Fsp3) is 0.619. The highest BCUT2D eigenvalue weighted by Crippen LogP contribution is 2.12. The summed E-state index contributed by atoms with van der Waals surface area (Å²) in [5, 5.41) is 5.22. The van der Waals surface area contributed by atoms with Crippen LogP contribution in [0.1, 0.15) is 60.3 Å². The van der Waals surface area contributed by atoms with Crippen molar-refractivity contribution in [1.82, 2.24) is 10.6 Å². The largest absolute Gasteiger partial charge is 0.351 e. The van der Waals surface area contributed by atoms with Crippen LogP contribution in [0.5, 0.6) is 0 Å². The summed E-state index contributed by atoms with van der Waals surface area (Å²) in [5.74, 6) is 1.67. The van der Waals surface area contributed by atoms with Crippen LogP contribution in [0.3, 0.4) is 0 Å². The maximum Gasteiger partial charge on any atom is 0.239 e. The Morgan fingerprint density at radius 3 is 2.23 bits per heavy atom. The molecule has 0 heterocycles. The van der Waals surface area contributed by atoms with Crippen molar-refractivity contribution < 1.29 is 9.59 Å². The molecule has 0 rings (SSSR count). The van der Waals surface area contributed by atoms with Crippen molar-refractivity contribution in [3.63, 3.8) is 0 Å². The molecule has 0 bridgehead atoms. The standard InChI is InChI=1S/C21H36N2O2S/c1-17(2)8-6-9-18(3)10-7-11-19(4)12-13-26-15-20(5)23-21(25)14-22-16-24/h8,10,12,16,20H,6-7,9,11,13-15H2,1-5H3,(H,22,24)(H,23,25)/b18-10+,19-12+. The molecule has 0 aliphatic heterocycles. The molecule has 0 aromatic carbocycles. The molecule has 1 unspecified atom stereocenters. The number of carbonyl (C=O) groups is 2. The Morgan fingerprint density at radius 1 is 1.00 bits per heavy atom. The van der Waals surface area contributed by atoms with Crippen molar-refractivity contribution in [2.75, 3.05) is 18.1 Å². The van der Waals surface area contributed by atoms with E-state index in [1.54, 1.807) is 11.8 Å². The van der Waals surface area contributed by atoms with E-state index in [-0.39, 0.29) is 18.5 Å². The molecule has 0 fully saturated rings. The van der Waals surface area contributed by atoms with E-state index < -0.39 is 0 Å². The van der Waals surface area contributed by atoms with E-state index >= 15 is 0 Å². The first-order valence-corrected chi connectivity index (χ1v) is 10.5. The Bertz CT molecular complexity index is 506. The molecule has 0 spiro atoms. The monoisotopic (exact) mass is 380 g/mol. The van der Waals surface area contributed by atoms with Crippen molar-refractivity contribution >= 4 is 24.1 Å². The average Bonchev–Trinajstić information content (AvgIpc) is 2.56. The third-order valence-corrected chi connectivity index (χ3v) is 4.93. The number of allylic oxidation sites excluding steroid dienone is 5. The van der Waals surface area contributed by atoms with Crippen LogP contribution in [-0.4, -0.2) is 36.4 Å². The van der Waals surface area contributed by atoms with Crippen molar-refractivity contribution in [2.45, 2.75) is 66.3 Å². The molecule has 26 heavy (non-hydrogen) atoms. The average molecular weight is 381 g/mol. The van der Waals surface area contributed by atoms with E-state index in [0.29, 0.717) is 6.41 Å². The van der Waals surface area contributed by atoms with E-state index in [0.717, 1.165) is 37.2 Å². The van der Waals surface area contributed by atoms with Crippen molar-refractivity contribution in [3.8, 4) is 0 Å². The molecular weight excluding hydrogens is 344 g/mol. The van der Waals surface area contributed by atoms with Crippen LogP contribution in [0.15, 0.2) is 34.9 Å². The maximum atomic E-state index is 11.5. The fourth-order valence-corrected chi connectivity index (χ4v) is 3.26. The van der Waals surface area contributed by atoms with Crippen LogP contribution in [0.4, 0.5) is 0 Å². The predicted octanol–water partition coefficient (Wildman–Crippen LogP) is 4.39. The molecule has 1 atom stereocenters. The van der Waals surface area contributed by atoms with Gasteiger partial charge in [-0.3, -0.25) is 9.59 Å². The quantitative estimate of drug-likeness (QED) is 0.267. The Labute approximate surface area is 164 Å². The predicted molar refractivity (Wildman–Crippen MR) is 114 cm³/mol. The number of hydrogen-bond acceptors (Lipinski definition) is 3. The van der Waals surface area contributed by atoms with E-state index in [2.05, 4.69) is 56.6 Å². The Hall–Kier alpha value is -1.49. The first-order valence-electron chi connectivity index (χ1n) is 9.34. The summed E-state index contributed by atoms with van der Waals surface area (Å²) in [7, 11) is 0. The summed E-state index contributed by atoms with van der Waals surface area (Å²) in [4.78, 5) is 21.6. The lowest BCUT2D eigenvalue weighted by atomic mass is 10.1. The minimum Gasteiger partial charge on any atom is -0.351 e. The van der Waals surface area contributed by atoms with Gasteiger partial charge in [0.25, 0.3) is 0 Å². The van der Waals surface area contributed by atoms with Gasteiger partial charge in [0.1, 0.15) is 0 Å². The van der Waals surface area contributed by atoms with Gasteiger partial charge in [0, 0.05) is 17.5 Å². The number of rotatable bonds is 14. The Balaban J connectivity index is 3.88. The van der Waals surface area contributed by atoms with Gasteiger partial charge in [-0.1, -0.05) is 34.9 Å². The Morgan fingerprint density at radius 2 is 1.62 bits per heavy atom. The molecule has 148 valence electrons. The molecule has 2 N–H and O–H groups in total.